The van der Waals surface area contributed by atoms with Gasteiger partial charge >= 0.3 is 15.2 Å². The van der Waals surface area contributed by atoms with Gasteiger partial charge in [0.15, 0.2) is 40.7 Å². The van der Waals surface area contributed by atoms with E-state index in [2.05, 4.69) is 40.5 Å². The molecule has 3 N–H and O–H groups in total. The average molecular weight is 927 g/mol. The van der Waals surface area contributed by atoms with Gasteiger partial charge in [-0.05, 0) is 31.4 Å². The Morgan fingerprint density at radius 2 is 1.53 bits per heavy atom. The summed E-state index contributed by atoms with van der Waals surface area (Å²) < 4.78 is 82.2. The summed E-state index contributed by atoms with van der Waals surface area (Å²) in [6.07, 6.45) is -1.71. The lowest BCUT2D eigenvalue weighted by Gasteiger charge is -2.33. The summed E-state index contributed by atoms with van der Waals surface area (Å²) in [4.78, 5) is 63.2. The highest BCUT2D eigenvalue weighted by molar-refractivity contribution is 7.53. The van der Waals surface area contributed by atoms with Gasteiger partial charge in [-0.2, -0.15) is 4.98 Å². The first-order valence-corrected chi connectivity index (χ1v) is 24.8. The lowest BCUT2D eigenvalue weighted by atomic mass is 10.0. The smallest absolute Gasteiger partial charge is 0.328 e. The Morgan fingerprint density at radius 3 is 2.23 bits per heavy atom. The van der Waals surface area contributed by atoms with E-state index in [1.807, 2.05) is 6.92 Å². The van der Waals surface area contributed by atoms with Crippen LogP contribution in [0.15, 0.2) is 54.1 Å². The number of aromatic amines is 1. The summed E-state index contributed by atoms with van der Waals surface area (Å²) in [5.41, 5.74) is 0.436. The van der Waals surface area contributed by atoms with Crippen LogP contribution in [-0.4, -0.2) is 121 Å². The number of hydrogen-bond acceptors (Lipinski definition) is 18. The van der Waals surface area contributed by atoms with E-state index in [1.54, 1.807) is 48.7 Å². The Bertz CT molecular complexity index is 2690. The van der Waals surface area contributed by atoms with Crippen molar-refractivity contribution in [2.75, 3.05) is 43.8 Å². The Labute approximate surface area is 365 Å². The second kappa shape index (κ2) is 17.9. The van der Waals surface area contributed by atoms with Gasteiger partial charge in [0.25, 0.3) is 11.5 Å². The number of anilines is 2. The molecule has 342 valence electrons. The van der Waals surface area contributed by atoms with Gasteiger partial charge in [0.05, 0.1) is 25.9 Å². The minimum atomic E-state index is -4.04. The van der Waals surface area contributed by atoms with Gasteiger partial charge in [0.2, 0.25) is 11.9 Å². The Balaban J connectivity index is 0.998. The molecule has 4 saturated heterocycles. The monoisotopic (exact) mass is 926 g/mol. The number of amides is 2. The van der Waals surface area contributed by atoms with E-state index in [4.69, 9.17) is 37.0 Å². The van der Waals surface area contributed by atoms with Crippen molar-refractivity contribution in [3.63, 3.8) is 0 Å². The molecule has 4 aromatic heterocycles. The molecule has 0 spiro atoms. The van der Waals surface area contributed by atoms with Gasteiger partial charge in [-0.1, -0.05) is 39.0 Å². The van der Waals surface area contributed by atoms with E-state index in [0.717, 1.165) is 12.8 Å². The lowest BCUT2D eigenvalue weighted by Crippen LogP contribution is -2.41. The minimum Gasteiger partial charge on any atom is -0.353 e. The molecule has 0 radical (unpaired) electrons. The van der Waals surface area contributed by atoms with Crippen LogP contribution < -0.4 is 16.2 Å². The van der Waals surface area contributed by atoms with E-state index < -0.39 is 88.5 Å². The number of imidazole rings is 2. The average Bonchev–Trinajstić information content (AvgIpc) is 4.04. The molecule has 25 heteroatoms. The first-order valence-electron chi connectivity index (χ1n) is 20.9. The van der Waals surface area contributed by atoms with Crippen LogP contribution in [0.3, 0.4) is 0 Å². The van der Waals surface area contributed by atoms with E-state index >= 15 is 0 Å². The first-order chi connectivity index (χ1) is 30.6. The van der Waals surface area contributed by atoms with Crippen molar-refractivity contribution >= 4 is 61.1 Å². The normalized spacial score (nSPS) is 32.4. The molecule has 4 aliphatic heterocycles. The van der Waals surface area contributed by atoms with E-state index in [0.29, 0.717) is 29.8 Å². The van der Waals surface area contributed by atoms with Crippen LogP contribution in [0.25, 0.3) is 22.3 Å². The summed E-state index contributed by atoms with van der Waals surface area (Å²) in [6, 6.07) is 8.65. The zero-order valence-electron chi connectivity index (χ0n) is 35.5. The van der Waals surface area contributed by atoms with Crippen LogP contribution in [-0.2, 0) is 51.0 Å². The molecule has 4 fully saturated rings. The minimum absolute atomic E-state index is 0.0449. The Hall–Kier alpha value is -4.80. The number of benzene rings is 1. The summed E-state index contributed by atoms with van der Waals surface area (Å²) in [5, 5.41) is 5.40. The predicted octanol–water partition coefficient (Wildman–Crippen LogP) is 4.61. The van der Waals surface area contributed by atoms with Crippen LogP contribution in [0.1, 0.15) is 62.8 Å². The highest BCUT2D eigenvalue weighted by atomic mass is 31.2. The molecule has 1 aromatic carbocycles. The fraction of sp³-hybridized carbons (Fsp3) is 0.538. The number of ether oxygens (including phenoxy) is 4. The highest BCUT2D eigenvalue weighted by Gasteiger charge is 2.54. The van der Waals surface area contributed by atoms with Crippen molar-refractivity contribution in [2.24, 2.45) is 11.8 Å². The number of carbonyl (C=O) groups is 2. The number of carbonyl (C=O) groups excluding carboxylic acids is 2. The molecule has 5 aromatic rings. The van der Waals surface area contributed by atoms with Crippen LogP contribution in [0.4, 0.5) is 11.8 Å². The quantitative estimate of drug-likeness (QED) is 0.179. The molecule has 8 heterocycles. The van der Waals surface area contributed by atoms with Crippen molar-refractivity contribution < 1.29 is 55.8 Å². The van der Waals surface area contributed by atoms with Gasteiger partial charge in [-0.15, -0.1) is 0 Å². The number of aromatic nitrogens is 8. The third-order valence-electron chi connectivity index (χ3n) is 11.3. The maximum atomic E-state index is 14.5. The largest absolute Gasteiger partial charge is 0.353 e. The fourth-order valence-electron chi connectivity index (χ4n) is 8.08. The number of H-pyrrole nitrogens is 1. The highest BCUT2D eigenvalue weighted by Crippen LogP contribution is 2.55. The molecular formula is C39H48N10O13P2. The van der Waals surface area contributed by atoms with Crippen LogP contribution in [0.2, 0.25) is 0 Å². The number of fused-ring (bicyclic) bond motifs is 4. The van der Waals surface area contributed by atoms with Gasteiger partial charge in [0, 0.05) is 37.3 Å². The Kier molecular flexibility index (Phi) is 12.4. The molecule has 0 bridgehead atoms. The SMILES string of the molecule is CC(C)C(=O)Nc1nc2c(ncn2[C@@H]2O[C@@H]3COP(C)(=O)O[C@H]4[C@@H](C)[C@H](n5cnc6c(NC(=O)c7ccccc7)ncnc65)O[C@@H]4COP(C)(=O)O[C@H]3[C@H]2OC2CCCCO2)c(=O)[nH]1. The number of nitrogens with one attached hydrogen (secondary N) is 3. The molecule has 23 nitrogen and oxygen atoms in total. The second-order valence-electron chi connectivity index (χ2n) is 16.4. The molecule has 4 aliphatic rings. The fourth-order valence-corrected chi connectivity index (χ4v) is 10.5. The standard InChI is InChI=1S/C39H48N10O13P2/c1-20(2)34(50)46-39-45-33-27(36(52)47-39)43-19-49(33)38-30(60-25-13-9-10-14-55-25)29-24(59-38)16-57-63(4,53)61-28-21(3)37(58-23(28)15-56-64(5,54)62-29)48-18-42-26-31(40-17-41-32(26)48)44-35(51)22-11-7-6-8-12-22/h6-8,11-12,17-21,23-25,28-30,37-38H,9-10,13-16H2,1-5H3,(H,40,41,44,51)(H2,45,46,47,50,52)/t21-,23-,24-,25?,28+,29-,30-,37-,38-,63?,64?/m1/s1. The molecular weight excluding hydrogens is 878 g/mol. The first kappa shape index (κ1) is 44.4. The molecule has 3 unspecified atom stereocenters. The van der Waals surface area contributed by atoms with Crippen molar-refractivity contribution in [2.45, 2.75) is 89.3 Å². The molecule has 0 aliphatic carbocycles. The van der Waals surface area contributed by atoms with Crippen LogP contribution >= 0.6 is 15.2 Å². The van der Waals surface area contributed by atoms with E-state index in [9.17, 15) is 23.5 Å². The van der Waals surface area contributed by atoms with E-state index in [1.165, 1.54) is 36.9 Å². The van der Waals surface area contributed by atoms with Crippen LogP contribution in [0.5, 0.6) is 0 Å². The molecule has 2 amide bonds. The maximum Gasteiger partial charge on any atom is 0.328 e. The Morgan fingerprint density at radius 1 is 0.859 bits per heavy atom. The van der Waals surface area contributed by atoms with Gasteiger partial charge in [0.1, 0.15) is 43.1 Å². The zero-order valence-corrected chi connectivity index (χ0v) is 37.3. The summed E-state index contributed by atoms with van der Waals surface area (Å²) in [7, 11) is -8.00. The second-order valence-corrected chi connectivity index (χ2v) is 20.4. The summed E-state index contributed by atoms with van der Waals surface area (Å²) in [6.45, 7) is 7.54. The number of nitrogens with zero attached hydrogens (tertiary/aromatic N) is 7. The predicted molar refractivity (Wildman–Crippen MR) is 225 cm³/mol. The van der Waals surface area contributed by atoms with Crippen molar-refractivity contribution in [3.05, 3.63) is 65.2 Å². The third-order valence-corrected chi connectivity index (χ3v) is 13.8. The molecule has 0 saturated carbocycles. The van der Waals surface area contributed by atoms with E-state index in [-0.39, 0.29) is 41.4 Å². The topological polar surface area (TPSA) is 273 Å². The van der Waals surface area contributed by atoms with Crippen molar-refractivity contribution in [3.8, 4) is 0 Å². The van der Waals surface area contributed by atoms with Crippen molar-refractivity contribution in [1.82, 2.24) is 39.0 Å². The van der Waals surface area contributed by atoms with Gasteiger partial charge in [-0.25, -0.2) is 19.9 Å². The van der Waals surface area contributed by atoms with Gasteiger partial charge in [-0.3, -0.25) is 47.5 Å². The van der Waals surface area contributed by atoms with Crippen LogP contribution in [0, 0.1) is 11.8 Å². The summed E-state index contributed by atoms with van der Waals surface area (Å²) >= 11 is 0. The lowest BCUT2D eigenvalue weighted by molar-refractivity contribution is -0.213. The van der Waals surface area contributed by atoms with Gasteiger partial charge < -0.3 is 37.8 Å². The number of hydrogen-bond donors (Lipinski definition) is 3. The molecule has 9 rings (SSSR count). The maximum absolute atomic E-state index is 14.5. The third kappa shape index (κ3) is 9.06. The van der Waals surface area contributed by atoms with Crippen molar-refractivity contribution in [1.29, 1.82) is 0 Å². The summed E-state index contributed by atoms with van der Waals surface area (Å²) in [5.74, 6) is -1.64. The number of rotatable bonds is 8. The molecule has 64 heavy (non-hydrogen) atoms. The zero-order chi connectivity index (χ0) is 44.9. The molecule has 11 atom stereocenters.